The summed E-state index contributed by atoms with van der Waals surface area (Å²) in [5.74, 6) is 0. The molecule has 0 aliphatic heterocycles. The van der Waals surface area contributed by atoms with Crippen LogP contribution in [0.15, 0.2) is 0 Å². The van der Waals surface area contributed by atoms with Crippen LogP contribution in [0.3, 0.4) is 0 Å². The maximum absolute atomic E-state index is 8.52. The van der Waals surface area contributed by atoms with Gasteiger partial charge < -0.3 is 23.7 Å². The Hall–Kier alpha value is 2.49. The van der Waals surface area contributed by atoms with Gasteiger partial charge in [-0.3, -0.25) is 16.8 Å². The van der Waals surface area contributed by atoms with Crippen molar-refractivity contribution in [2.45, 2.75) is 0 Å². The first kappa shape index (κ1) is 36.0. The quantitative estimate of drug-likeness (QED) is 0.246. The average Bonchev–Trinajstić information content (AvgIpc) is 1.12. The first-order valence-corrected chi connectivity index (χ1v) is 4.00. The zero-order valence-electron chi connectivity index (χ0n) is 6.61. The van der Waals surface area contributed by atoms with Gasteiger partial charge in [-0.25, -0.2) is 0 Å². The van der Waals surface area contributed by atoms with Crippen molar-refractivity contribution in [3.05, 3.63) is 0 Å². The molecule has 72 valence electrons. The summed E-state index contributed by atoms with van der Waals surface area (Å²) in [6.45, 7) is 0. The van der Waals surface area contributed by atoms with E-state index >= 15 is 0 Å². The van der Waals surface area contributed by atoms with Crippen molar-refractivity contribution in [1.82, 2.24) is 0 Å². The molecular weight excluding hydrogens is 297 g/mol. The molecule has 0 N–H and O–H groups in total. The SMILES string of the molecule is O=S(=O)([O-])[O-].O=S(=O)([O-])[O-].[Ca+2].[Mg+2].[Mg+2].[O-2]. The summed E-state index contributed by atoms with van der Waals surface area (Å²) >= 11 is 0. The standard InChI is InChI=1S/Ca.2Mg.2H2O4S.O/c;;;2*1-5(2,3)4;/h;;;2*(H2,1,2,3,4);/q3*+2;;;-2/p-4. The molecule has 14 heteroatoms. The third-order valence-corrected chi connectivity index (χ3v) is 0. The Bertz CT molecular complexity index is 217. The van der Waals surface area contributed by atoms with Gasteiger partial charge >= 0.3 is 83.8 Å². The van der Waals surface area contributed by atoms with Crippen molar-refractivity contribution in [2.24, 2.45) is 0 Å². The molecule has 9 nitrogen and oxygen atoms in total. The molecule has 0 saturated carbocycles. The molecule has 0 unspecified atom stereocenters. The molecule has 0 aromatic carbocycles. The van der Waals surface area contributed by atoms with Crippen molar-refractivity contribution in [1.29, 1.82) is 0 Å². The summed E-state index contributed by atoms with van der Waals surface area (Å²) < 4.78 is 68.2. The molecule has 0 aliphatic carbocycles. The van der Waals surface area contributed by atoms with Crippen LogP contribution in [0.2, 0.25) is 0 Å². The second kappa shape index (κ2) is 15.5. The van der Waals surface area contributed by atoms with E-state index < -0.39 is 20.8 Å². The van der Waals surface area contributed by atoms with Crippen LogP contribution in [0.5, 0.6) is 0 Å². The molecule has 0 rings (SSSR count). The van der Waals surface area contributed by atoms with Gasteiger partial charge in [0.05, 0.1) is 0 Å². The topological polar surface area (TPSA) is 189 Å². The van der Waals surface area contributed by atoms with E-state index in [9.17, 15) is 0 Å². The van der Waals surface area contributed by atoms with Gasteiger partial charge in [0.25, 0.3) is 0 Å². The van der Waals surface area contributed by atoms with E-state index in [0.29, 0.717) is 0 Å². The minimum atomic E-state index is -5.17. The van der Waals surface area contributed by atoms with Gasteiger partial charge in [-0.1, -0.05) is 0 Å². The van der Waals surface area contributed by atoms with E-state index in [1.807, 2.05) is 0 Å². The normalized spacial score (nSPS) is 8.29. The first-order valence-electron chi connectivity index (χ1n) is 1.33. The Morgan fingerprint density at radius 1 is 0.643 bits per heavy atom. The van der Waals surface area contributed by atoms with Crippen LogP contribution in [-0.2, 0) is 26.3 Å². The van der Waals surface area contributed by atoms with Crippen molar-refractivity contribution < 1.29 is 40.5 Å². The Morgan fingerprint density at radius 3 is 0.643 bits per heavy atom. The Kier molecular flexibility index (Phi) is 39.8. The van der Waals surface area contributed by atoms with Crippen LogP contribution in [0.1, 0.15) is 0 Å². The van der Waals surface area contributed by atoms with E-state index in [-0.39, 0.29) is 89.3 Å². The second-order valence-corrected chi connectivity index (χ2v) is 2.45. The van der Waals surface area contributed by atoms with Crippen LogP contribution in [-0.4, -0.2) is 119 Å². The third-order valence-electron chi connectivity index (χ3n) is 0. The van der Waals surface area contributed by atoms with E-state index in [0.717, 1.165) is 0 Å². The molecule has 0 aromatic heterocycles. The van der Waals surface area contributed by atoms with Crippen molar-refractivity contribution >= 4 is 105 Å². The minimum absolute atomic E-state index is 0. The second-order valence-electron chi connectivity index (χ2n) is 0.816. The van der Waals surface area contributed by atoms with E-state index in [2.05, 4.69) is 0 Å². The molecule has 0 amide bonds. The fourth-order valence-electron chi connectivity index (χ4n) is 0. The fourth-order valence-corrected chi connectivity index (χ4v) is 0. The summed E-state index contributed by atoms with van der Waals surface area (Å²) in [5, 5.41) is 0. The van der Waals surface area contributed by atoms with Crippen LogP contribution in [0.25, 0.3) is 0 Å². The van der Waals surface area contributed by atoms with Gasteiger partial charge in [-0.2, -0.15) is 0 Å². The number of rotatable bonds is 0. The van der Waals surface area contributed by atoms with Crippen LogP contribution in [0.4, 0.5) is 0 Å². The largest absolute Gasteiger partial charge is 2.00 e. The molecule has 0 saturated heterocycles. The number of hydrogen-bond donors (Lipinski definition) is 0. The van der Waals surface area contributed by atoms with Crippen LogP contribution < -0.4 is 0 Å². The molecule has 0 atom stereocenters. The number of hydrogen-bond acceptors (Lipinski definition) is 8. The Balaban J connectivity index is -0.0000000178. The van der Waals surface area contributed by atoms with Gasteiger partial charge in [-0.05, 0) is 0 Å². The summed E-state index contributed by atoms with van der Waals surface area (Å²) in [6, 6.07) is 0. The molecule has 0 heterocycles. The molecule has 0 radical (unpaired) electrons. The Labute approximate surface area is 143 Å². The summed E-state index contributed by atoms with van der Waals surface area (Å²) in [5.41, 5.74) is 0. The van der Waals surface area contributed by atoms with Gasteiger partial charge in [0.2, 0.25) is 0 Å². The van der Waals surface area contributed by atoms with Crippen LogP contribution in [0, 0.1) is 0 Å². The zero-order valence-corrected chi connectivity index (χ0v) is 13.3. The van der Waals surface area contributed by atoms with E-state index in [4.69, 9.17) is 35.0 Å². The minimum Gasteiger partial charge on any atom is -2.00 e. The average molecular weight is 297 g/mol. The predicted octanol–water partition coefficient (Wildman–Crippen LogP) is -3.94. The molecule has 0 fully saturated rings. The summed E-state index contributed by atoms with van der Waals surface area (Å²) in [7, 11) is -10.3. The van der Waals surface area contributed by atoms with E-state index in [1.165, 1.54) is 0 Å². The fraction of sp³-hybridized carbons (Fsp3) is 0. The molecule has 14 heavy (non-hydrogen) atoms. The molecule has 0 aliphatic rings. The maximum atomic E-state index is 8.52. The van der Waals surface area contributed by atoms with Crippen molar-refractivity contribution in [3.63, 3.8) is 0 Å². The van der Waals surface area contributed by atoms with Gasteiger partial charge in [0.15, 0.2) is 0 Å². The van der Waals surface area contributed by atoms with Crippen molar-refractivity contribution in [3.8, 4) is 0 Å². The Morgan fingerprint density at radius 2 is 0.643 bits per heavy atom. The van der Waals surface area contributed by atoms with Gasteiger partial charge in [-0.15, -0.1) is 0 Å². The van der Waals surface area contributed by atoms with Crippen molar-refractivity contribution in [2.75, 3.05) is 0 Å². The first-order chi connectivity index (χ1) is 4.00. The maximum Gasteiger partial charge on any atom is 2.00 e. The van der Waals surface area contributed by atoms with Crippen LogP contribution >= 0.6 is 0 Å². The molecule has 0 spiro atoms. The van der Waals surface area contributed by atoms with Gasteiger partial charge in [0.1, 0.15) is 0 Å². The molecular formula is CaMg2O9S2. The smallest absolute Gasteiger partial charge is 2.00 e. The zero-order chi connectivity index (χ0) is 9.00. The molecule has 0 aromatic rings. The van der Waals surface area contributed by atoms with E-state index in [1.54, 1.807) is 0 Å². The summed E-state index contributed by atoms with van der Waals surface area (Å²) in [6.07, 6.45) is 0. The van der Waals surface area contributed by atoms with Gasteiger partial charge in [0, 0.05) is 20.8 Å². The summed E-state index contributed by atoms with van der Waals surface area (Å²) in [4.78, 5) is 0. The monoisotopic (exact) mass is 296 g/mol. The molecule has 0 bridgehead atoms. The predicted molar refractivity (Wildman–Crippen MR) is 38.9 cm³/mol. The third kappa shape index (κ3) is 425.